The largest absolute Gasteiger partial charge is 0.289 e. The van der Waals surface area contributed by atoms with Gasteiger partial charge < -0.3 is 0 Å². The lowest BCUT2D eigenvalue weighted by molar-refractivity contribution is 1.24. The minimum Gasteiger partial charge on any atom is -0.265 e. The highest BCUT2D eigenvalue weighted by Crippen LogP contribution is 2.43. The summed E-state index contributed by atoms with van der Waals surface area (Å²) in [6.07, 6.45) is 0. The van der Waals surface area contributed by atoms with E-state index in [9.17, 15) is 4.79 Å². The van der Waals surface area contributed by atoms with Gasteiger partial charge in [-0.25, -0.2) is 0 Å². The third kappa shape index (κ3) is 2.76. The molecule has 0 N–H and O–H groups in total. The quantitative estimate of drug-likeness (QED) is 0.530. The molecule has 2 heterocycles. The average Bonchev–Trinajstić information content (AvgIpc) is 2.66. The molecule has 7 heteroatoms. The predicted octanol–water partition coefficient (Wildman–Crippen LogP) is 5.59. The van der Waals surface area contributed by atoms with Gasteiger partial charge in [-0.05, 0) is 55.1 Å². The number of thioether (sulfide) groups is 2. The highest BCUT2D eigenvalue weighted by Gasteiger charge is 2.17. The minimum absolute atomic E-state index is 0.202. The Morgan fingerprint density at radius 3 is 1.78 bits per heavy atom. The van der Waals surface area contributed by atoms with Crippen LogP contribution in [0.25, 0.3) is 0 Å². The lowest BCUT2D eigenvalue weighted by Gasteiger charge is -2.14. The van der Waals surface area contributed by atoms with Gasteiger partial charge in [-0.1, -0.05) is 22.7 Å². The first-order chi connectivity index (χ1) is 8.63. The van der Waals surface area contributed by atoms with E-state index in [2.05, 4.69) is 44.0 Å². The van der Waals surface area contributed by atoms with Crippen LogP contribution in [0.2, 0.25) is 0 Å². The maximum atomic E-state index is 11.5. The Morgan fingerprint density at radius 2 is 1.33 bits per heavy atom. The second-order valence-electron chi connectivity index (χ2n) is 3.64. The Balaban J connectivity index is 2.01. The molecule has 1 aromatic carbocycles. The molecule has 0 saturated heterocycles. The summed E-state index contributed by atoms with van der Waals surface area (Å²) in [6, 6.07) is 4.35. The van der Waals surface area contributed by atoms with Crippen molar-refractivity contribution in [3.05, 3.63) is 41.1 Å². The van der Waals surface area contributed by atoms with E-state index in [0.29, 0.717) is 0 Å². The van der Waals surface area contributed by atoms with Gasteiger partial charge >= 0.3 is 0 Å². The van der Waals surface area contributed by atoms with E-state index in [1.54, 1.807) is 23.5 Å². The molecule has 2 aromatic rings. The Labute approximate surface area is 138 Å². The van der Waals surface area contributed by atoms with Crippen molar-refractivity contribution in [3.8, 4) is 0 Å². The van der Waals surface area contributed by atoms with Crippen LogP contribution in [-0.4, -0.2) is 0 Å². The van der Waals surface area contributed by atoms with E-state index in [-0.39, 0.29) is 4.06 Å². The van der Waals surface area contributed by atoms with Gasteiger partial charge in [0.25, 0.3) is 4.06 Å². The van der Waals surface area contributed by atoms with E-state index < -0.39 is 0 Å². The van der Waals surface area contributed by atoms with Crippen molar-refractivity contribution in [1.82, 2.24) is 0 Å². The monoisotopic (exact) mass is 440 g/mol. The maximum Gasteiger partial charge on any atom is 0.289 e. The summed E-state index contributed by atoms with van der Waals surface area (Å²) in [6.45, 7) is 0. The Kier molecular flexibility index (Phi) is 4.27. The molecular formula is C11H6Br2OS4. The average molecular weight is 442 g/mol. The number of hydrogen-bond donors (Lipinski definition) is 0. The lowest BCUT2D eigenvalue weighted by Crippen LogP contribution is -1.94. The molecule has 0 saturated carbocycles. The molecule has 0 fully saturated rings. The van der Waals surface area contributed by atoms with Crippen LogP contribution < -0.4 is 4.06 Å². The van der Waals surface area contributed by atoms with Crippen molar-refractivity contribution in [2.45, 2.75) is 19.9 Å². The fraction of sp³-hybridized carbons (Fsp3) is 0.182. The summed E-state index contributed by atoms with van der Waals surface area (Å²) in [7, 11) is 0. The summed E-state index contributed by atoms with van der Waals surface area (Å²) >= 11 is 13.4. The summed E-state index contributed by atoms with van der Waals surface area (Å²) in [5.41, 5.74) is 2.69. The third-order valence-electron chi connectivity index (χ3n) is 2.48. The Hall–Kier alpha value is 0.730. The molecule has 18 heavy (non-hydrogen) atoms. The highest BCUT2D eigenvalue weighted by molar-refractivity contribution is 9.13. The van der Waals surface area contributed by atoms with E-state index in [4.69, 9.17) is 0 Å². The van der Waals surface area contributed by atoms with Crippen LogP contribution in [0.5, 0.6) is 0 Å². The first kappa shape index (κ1) is 13.7. The van der Waals surface area contributed by atoms with Crippen LogP contribution in [-0.2, 0) is 11.5 Å². The lowest BCUT2D eigenvalue weighted by atomic mass is 10.1. The molecule has 1 nitrogen and oxygen atoms in total. The summed E-state index contributed by atoms with van der Waals surface area (Å²) in [5.74, 6) is 1.86. The molecule has 0 atom stereocenters. The topological polar surface area (TPSA) is 17.1 Å². The molecular weight excluding hydrogens is 436 g/mol. The molecule has 0 amide bonds. The van der Waals surface area contributed by atoms with Crippen molar-refractivity contribution in [2.75, 3.05) is 0 Å². The first-order valence-electron chi connectivity index (χ1n) is 5.00. The molecule has 0 unspecified atom stereocenters. The maximum absolute atomic E-state index is 11.5. The van der Waals surface area contributed by atoms with Gasteiger partial charge in [0.15, 0.2) is 0 Å². The standard InChI is InChI=1S/C11H6Br2OS4/c12-7-1-5-3-15-9-10(18-11(14)17-9)16-4-6(5)2-8(7)13/h1-2H,3-4H2. The van der Waals surface area contributed by atoms with E-state index >= 15 is 0 Å². The molecule has 0 radical (unpaired) electrons. The van der Waals surface area contributed by atoms with E-state index in [0.717, 1.165) is 20.5 Å². The fourth-order valence-corrected chi connectivity index (χ4v) is 7.68. The zero-order chi connectivity index (χ0) is 12.7. The van der Waals surface area contributed by atoms with E-state index in [1.165, 1.54) is 42.2 Å². The number of halogens is 2. The number of benzene rings is 1. The molecule has 0 bridgehead atoms. The van der Waals surface area contributed by atoms with Gasteiger partial charge in [0, 0.05) is 20.5 Å². The third-order valence-corrected chi connectivity index (χ3v) is 9.50. The second-order valence-corrected chi connectivity index (χ2v) is 10.1. The second kappa shape index (κ2) is 5.61. The van der Waals surface area contributed by atoms with Gasteiger partial charge in [0.2, 0.25) is 0 Å². The summed E-state index contributed by atoms with van der Waals surface area (Å²) < 4.78 is 4.74. The number of fused-ring (bicyclic) bond motifs is 2. The highest BCUT2D eigenvalue weighted by atomic mass is 79.9. The van der Waals surface area contributed by atoms with Crippen molar-refractivity contribution in [1.29, 1.82) is 0 Å². The smallest absolute Gasteiger partial charge is 0.265 e. The zero-order valence-corrected chi connectivity index (χ0v) is 15.3. The van der Waals surface area contributed by atoms with Gasteiger partial charge in [-0.2, -0.15) is 0 Å². The normalized spacial score (nSPS) is 14.6. The zero-order valence-electron chi connectivity index (χ0n) is 8.87. The molecule has 3 rings (SSSR count). The van der Waals surface area contributed by atoms with Crippen LogP contribution in [0, 0.1) is 0 Å². The summed E-state index contributed by atoms with van der Waals surface area (Å²) in [4.78, 5) is 11.5. The summed E-state index contributed by atoms with van der Waals surface area (Å²) in [5, 5.41) is 0. The molecule has 1 aromatic heterocycles. The Bertz CT molecular complexity index is 608. The molecule has 0 aliphatic carbocycles. The van der Waals surface area contributed by atoms with Gasteiger partial charge in [-0.3, -0.25) is 4.79 Å². The predicted molar refractivity (Wildman–Crippen MR) is 89.4 cm³/mol. The molecule has 1 aliphatic rings. The van der Waals surface area contributed by atoms with Gasteiger partial charge in [0.1, 0.15) is 0 Å². The number of rotatable bonds is 0. The molecule has 1 aliphatic heterocycles. The van der Waals surface area contributed by atoms with Crippen molar-refractivity contribution < 1.29 is 0 Å². The van der Waals surface area contributed by atoms with Crippen LogP contribution in [0.4, 0.5) is 0 Å². The van der Waals surface area contributed by atoms with Crippen LogP contribution in [0.15, 0.2) is 34.3 Å². The van der Waals surface area contributed by atoms with Crippen LogP contribution in [0.1, 0.15) is 11.1 Å². The van der Waals surface area contributed by atoms with Crippen molar-refractivity contribution in [3.63, 3.8) is 0 Å². The van der Waals surface area contributed by atoms with Crippen molar-refractivity contribution in [2.24, 2.45) is 0 Å². The molecule has 94 valence electrons. The Morgan fingerprint density at radius 1 is 0.889 bits per heavy atom. The molecule has 0 spiro atoms. The van der Waals surface area contributed by atoms with Crippen LogP contribution in [0.3, 0.4) is 0 Å². The minimum atomic E-state index is 0.202. The van der Waals surface area contributed by atoms with Crippen molar-refractivity contribution >= 4 is 78.1 Å². The van der Waals surface area contributed by atoms with Gasteiger partial charge in [0.05, 0.1) is 8.42 Å². The number of hydrogen-bond acceptors (Lipinski definition) is 5. The SMILES string of the molecule is O=c1sc2c(s1)SCc1cc(Br)c(Br)cc1CS2. The fourth-order valence-electron chi connectivity index (χ4n) is 1.62. The van der Waals surface area contributed by atoms with Crippen LogP contribution >= 0.6 is 78.1 Å². The van der Waals surface area contributed by atoms with E-state index in [1.807, 2.05) is 0 Å². The van der Waals surface area contributed by atoms with Gasteiger partial charge in [-0.15, -0.1) is 23.5 Å². The first-order valence-corrected chi connectivity index (χ1v) is 10.2.